The zero-order valence-electron chi connectivity index (χ0n) is 16.6. The van der Waals surface area contributed by atoms with Gasteiger partial charge in [0.15, 0.2) is 0 Å². The Hall–Kier alpha value is -2.27. The van der Waals surface area contributed by atoms with Crippen molar-refractivity contribution in [3.63, 3.8) is 0 Å². The zero-order chi connectivity index (χ0) is 20.6. The summed E-state index contributed by atoms with van der Waals surface area (Å²) >= 11 is 5.97. The SMILES string of the molecule is C=C(CC)Oc1cc(OC(=O)C(C)(C)Cl)ccc1COC(=O)/C(C)=C/CC. The third kappa shape index (κ3) is 7.47. The van der Waals surface area contributed by atoms with Crippen molar-refractivity contribution in [2.24, 2.45) is 0 Å². The Labute approximate surface area is 165 Å². The summed E-state index contributed by atoms with van der Waals surface area (Å²) in [5.41, 5.74) is 1.18. The number of allylic oxidation sites excluding steroid dienone is 2. The number of carbonyl (C=O) groups is 2. The molecule has 0 N–H and O–H groups in total. The molecule has 1 aromatic rings. The minimum Gasteiger partial charge on any atom is -0.462 e. The monoisotopic (exact) mass is 394 g/mol. The Balaban J connectivity index is 3.02. The minimum atomic E-state index is -1.15. The van der Waals surface area contributed by atoms with Gasteiger partial charge in [0, 0.05) is 23.6 Å². The second-order valence-corrected chi connectivity index (χ2v) is 7.44. The van der Waals surface area contributed by atoms with Crippen molar-refractivity contribution in [1.82, 2.24) is 0 Å². The van der Waals surface area contributed by atoms with Gasteiger partial charge in [0.05, 0.1) is 5.76 Å². The van der Waals surface area contributed by atoms with E-state index in [9.17, 15) is 9.59 Å². The highest BCUT2D eigenvalue weighted by molar-refractivity contribution is 6.33. The summed E-state index contributed by atoms with van der Waals surface area (Å²) in [5, 5.41) is 0. The summed E-state index contributed by atoms with van der Waals surface area (Å²) in [4.78, 5) is 22.8. The molecule has 0 bridgehead atoms. The third-order valence-corrected chi connectivity index (χ3v) is 3.73. The third-order valence-electron chi connectivity index (χ3n) is 3.57. The second kappa shape index (κ2) is 10.2. The number of ether oxygens (including phenoxy) is 3. The van der Waals surface area contributed by atoms with Gasteiger partial charge >= 0.3 is 11.9 Å². The standard InChI is InChI=1S/C21H27ClO5/c1-7-9-14(3)19(23)25-13-16-10-11-17(27-20(24)21(5,6)22)12-18(16)26-15(4)8-2/h9-12H,4,7-8,13H2,1-3,5-6H3/b14-9+. The number of rotatable bonds is 9. The van der Waals surface area contributed by atoms with Crippen molar-refractivity contribution in [2.75, 3.05) is 0 Å². The summed E-state index contributed by atoms with van der Waals surface area (Å²) in [6.45, 7) is 12.5. The van der Waals surface area contributed by atoms with E-state index in [0.29, 0.717) is 29.1 Å². The quantitative estimate of drug-likeness (QED) is 0.187. The summed E-state index contributed by atoms with van der Waals surface area (Å²) in [7, 11) is 0. The number of benzene rings is 1. The van der Waals surface area contributed by atoms with Crippen LogP contribution in [-0.4, -0.2) is 16.8 Å². The largest absolute Gasteiger partial charge is 0.462 e. The summed E-state index contributed by atoms with van der Waals surface area (Å²) in [6, 6.07) is 4.83. The van der Waals surface area contributed by atoms with Crippen LogP contribution in [-0.2, 0) is 20.9 Å². The van der Waals surface area contributed by atoms with Crippen molar-refractivity contribution < 1.29 is 23.8 Å². The highest BCUT2D eigenvalue weighted by Crippen LogP contribution is 2.29. The fourth-order valence-electron chi connectivity index (χ4n) is 1.92. The lowest BCUT2D eigenvalue weighted by molar-refractivity contribution is -0.140. The van der Waals surface area contributed by atoms with Crippen LogP contribution in [0.3, 0.4) is 0 Å². The van der Waals surface area contributed by atoms with Crippen LogP contribution in [0.1, 0.15) is 53.0 Å². The van der Waals surface area contributed by atoms with Gasteiger partial charge < -0.3 is 14.2 Å². The predicted octanol–water partition coefficient (Wildman–Crippen LogP) is 5.31. The van der Waals surface area contributed by atoms with Gasteiger partial charge in [0.2, 0.25) is 0 Å². The lowest BCUT2D eigenvalue weighted by Crippen LogP contribution is -2.29. The van der Waals surface area contributed by atoms with Crippen molar-refractivity contribution in [2.45, 2.75) is 58.9 Å². The molecule has 1 rings (SSSR count). The Morgan fingerprint density at radius 1 is 1.22 bits per heavy atom. The van der Waals surface area contributed by atoms with E-state index in [1.807, 2.05) is 13.8 Å². The molecule has 148 valence electrons. The zero-order valence-corrected chi connectivity index (χ0v) is 17.3. The van der Waals surface area contributed by atoms with Gasteiger partial charge in [-0.15, -0.1) is 11.6 Å². The highest BCUT2D eigenvalue weighted by atomic mass is 35.5. The molecule has 0 amide bonds. The molecular formula is C21H27ClO5. The molecule has 0 unspecified atom stereocenters. The Morgan fingerprint density at radius 3 is 2.44 bits per heavy atom. The molecule has 0 spiro atoms. The number of alkyl halides is 1. The lowest BCUT2D eigenvalue weighted by Gasteiger charge is -2.17. The first-order chi connectivity index (χ1) is 12.6. The summed E-state index contributed by atoms with van der Waals surface area (Å²) in [5.74, 6) is 0.250. The average Bonchev–Trinajstić information content (AvgIpc) is 2.59. The van der Waals surface area contributed by atoms with E-state index in [2.05, 4.69) is 6.58 Å². The molecule has 0 fully saturated rings. The van der Waals surface area contributed by atoms with E-state index in [1.54, 1.807) is 45.0 Å². The molecule has 0 aliphatic heterocycles. The fourth-order valence-corrected chi connectivity index (χ4v) is 1.95. The second-order valence-electron chi connectivity index (χ2n) is 6.50. The van der Waals surface area contributed by atoms with Gasteiger partial charge in [-0.05, 0) is 39.3 Å². The topological polar surface area (TPSA) is 61.8 Å². The van der Waals surface area contributed by atoms with E-state index in [1.165, 1.54) is 0 Å². The van der Waals surface area contributed by atoms with Crippen LogP contribution >= 0.6 is 11.6 Å². The van der Waals surface area contributed by atoms with Gasteiger partial charge in [-0.3, -0.25) is 0 Å². The molecule has 0 aliphatic rings. The molecule has 0 saturated carbocycles. The van der Waals surface area contributed by atoms with Gasteiger partial charge in [-0.2, -0.15) is 0 Å². The molecule has 0 radical (unpaired) electrons. The van der Waals surface area contributed by atoms with E-state index in [-0.39, 0.29) is 12.4 Å². The van der Waals surface area contributed by atoms with Crippen molar-refractivity contribution in [3.8, 4) is 11.5 Å². The van der Waals surface area contributed by atoms with E-state index >= 15 is 0 Å². The summed E-state index contributed by atoms with van der Waals surface area (Å²) in [6.07, 6.45) is 3.16. The molecule has 0 heterocycles. The molecule has 1 aromatic carbocycles. The molecule has 6 heteroatoms. The minimum absolute atomic E-state index is 0.0231. The maximum Gasteiger partial charge on any atom is 0.333 e. The van der Waals surface area contributed by atoms with Crippen molar-refractivity contribution in [1.29, 1.82) is 0 Å². The van der Waals surface area contributed by atoms with Crippen LogP contribution in [0.15, 0.2) is 42.2 Å². The van der Waals surface area contributed by atoms with Gasteiger partial charge in [0.25, 0.3) is 0 Å². The first-order valence-electron chi connectivity index (χ1n) is 8.82. The number of hydrogen-bond acceptors (Lipinski definition) is 5. The smallest absolute Gasteiger partial charge is 0.333 e. The fraction of sp³-hybridized carbons (Fsp3) is 0.429. The average molecular weight is 395 g/mol. The van der Waals surface area contributed by atoms with Crippen molar-refractivity contribution in [3.05, 3.63) is 47.7 Å². The lowest BCUT2D eigenvalue weighted by atomic mass is 10.2. The van der Waals surface area contributed by atoms with E-state index in [4.69, 9.17) is 25.8 Å². The maximum atomic E-state index is 12.0. The van der Waals surface area contributed by atoms with Crippen LogP contribution in [0.2, 0.25) is 0 Å². The first kappa shape index (κ1) is 22.8. The predicted molar refractivity (Wildman–Crippen MR) is 106 cm³/mol. The van der Waals surface area contributed by atoms with Gasteiger partial charge in [-0.1, -0.05) is 26.5 Å². The van der Waals surface area contributed by atoms with Crippen molar-refractivity contribution >= 4 is 23.5 Å². The maximum absolute atomic E-state index is 12.0. The van der Waals surface area contributed by atoms with Crippen LogP contribution in [0.5, 0.6) is 11.5 Å². The highest BCUT2D eigenvalue weighted by Gasteiger charge is 2.27. The Bertz CT molecular complexity index is 729. The first-order valence-corrected chi connectivity index (χ1v) is 9.19. The molecule has 27 heavy (non-hydrogen) atoms. The molecule has 0 aromatic heterocycles. The van der Waals surface area contributed by atoms with Gasteiger partial charge in [-0.25, -0.2) is 9.59 Å². The van der Waals surface area contributed by atoms with Crippen LogP contribution in [0, 0.1) is 0 Å². The molecule has 0 atom stereocenters. The van der Waals surface area contributed by atoms with Crippen LogP contribution in [0.4, 0.5) is 0 Å². The van der Waals surface area contributed by atoms with Gasteiger partial charge in [0.1, 0.15) is 23.0 Å². The van der Waals surface area contributed by atoms with E-state index in [0.717, 1.165) is 6.42 Å². The van der Waals surface area contributed by atoms with Crippen LogP contribution < -0.4 is 9.47 Å². The Kier molecular flexibility index (Phi) is 8.57. The molecular weight excluding hydrogens is 368 g/mol. The Morgan fingerprint density at radius 2 is 1.89 bits per heavy atom. The number of halogens is 1. The summed E-state index contributed by atoms with van der Waals surface area (Å²) < 4.78 is 16.3. The number of hydrogen-bond donors (Lipinski definition) is 0. The molecule has 5 nitrogen and oxygen atoms in total. The normalized spacial score (nSPS) is 11.7. The molecule has 0 saturated heterocycles. The molecule has 0 aliphatic carbocycles. The number of esters is 2. The van der Waals surface area contributed by atoms with Crippen LogP contribution in [0.25, 0.3) is 0 Å². The number of carbonyl (C=O) groups excluding carboxylic acids is 2. The van der Waals surface area contributed by atoms with E-state index < -0.39 is 16.8 Å².